The number of rotatable bonds is 3. The van der Waals surface area contributed by atoms with Gasteiger partial charge in [0.2, 0.25) is 0 Å². The number of allylic oxidation sites excluding steroid dienone is 2. The molecule has 0 spiro atoms. The molecule has 0 aromatic heterocycles. The van der Waals surface area contributed by atoms with Gasteiger partial charge in [-0.1, -0.05) is 80.9 Å². The maximum Gasteiger partial charge on any atom is 0.312 e. The van der Waals surface area contributed by atoms with Gasteiger partial charge in [0.25, 0.3) is 0 Å². The number of methoxy groups -OCH3 is 1. The van der Waals surface area contributed by atoms with Gasteiger partial charge in [-0.3, -0.25) is 4.79 Å². The van der Waals surface area contributed by atoms with E-state index in [9.17, 15) is 4.79 Å². The highest BCUT2D eigenvalue weighted by Gasteiger charge is 2.69. The Bertz CT molecular complexity index is 1100. The summed E-state index contributed by atoms with van der Waals surface area (Å²) in [7, 11) is -0.228. The molecular weight excluding hydrogens is 520 g/mol. The van der Waals surface area contributed by atoms with Crippen molar-refractivity contribution in [2.24, 2.45) is 50.2 Å². The molecule has 0 heterocycles. The summed E-state index contributed by atoms with van der Waals surface area (Å²) in [6.45, 7) is 29.9. The SMILES string of the molecule is COC(=O)[C@]12CCC(C)(C)C[C@H]1C1=CCC3[C@@]4(C)CC[C@H](O[Si](C)(C)C(C)(C)C)C(C)(C)C4CC[C@@]3(C)[C@@]1(C)CC2. The summed E-state index contributed by atoms with van der Waals surface area (Å²) in [6, 6.07) is 0. The van der Waals surface area contributed by atoms with Crippen molar-refractivity contribution in [2.75, 3.05) is 7.11 Å². The zero-order valence-corrected chi connectivity index (χ0v) is 30.2. The van der Waals surface area contributed by atoms with Gasteiger partial charge in [0, 0.05) is 0 Å². The molecule has 0 saturated heterocycles. The number of esters is 1. The van der Waals surface area contributed by atoms with Crippen LogP contribution in [0.2, 0.25) is 18.1 Å². The highest BCUT2D eigenvalue weighted by molar-refractivity contribution is 6.74. The van der Waals surface area contributed by atoms with E-state index in [1.54, 1.807) is 12.7 Å². The van der Waals surface area contributed by atoms with Gasteiger partial charge in [-0.2, -0.15) is 0 Å². The van der Waals surface area contributed by atoms with Gasteiger partial charge < -0.3 is 9.16 Å². The van der Waals surface area contributed by atoms with Crippen LogP contribution in [0.1, 0.15) is 133 Å². The predicted octanol–water partition coefficient (Wildman–Crippen LogP) is 10.4. The first kappa shape index (κ1) is 31.8. The van der Waals surface area contributed by atoms with Crippen LogP contribution in [0.4, 0.5) is 0 Å². The molecule has 8 atom stereocenters. The van der Waals surface area contributed by atoms with Crippen molar-refractivity contribution in [3.05, 3.63) is 11.6 Å². The summed E-state index contributed by atoms with van der Waals surface area (Å²) in [5, 5.41) is 0.238. The van der Waals surface area contributed by atoms with Crippen molar-refractivity contribution in [2.45, 2.75) is 158 Å². The van der Waals surface area contributed by atoms with Gasteiger partial charge in [-0.05, 0) is 127 Å². The van der Waals surface area contributed by atoms with E-state index in [2.05, 4.69) is 88.4 Å². The number of ether oxygens (including phenoxy) is 1. The fourth-order valence-corrected chi connectivity index (χ4v) is 13.0. The summed E-state index contributed by atoms with van der Waals surface area (Å²) >= 11 is 0. The molecule has 0 radical (unpaired) electrons. The minimum absolute atomic E-state index is 0.0608. The first-order valence-electron chi connectivity index (χ1n) is 17.1. The lowest BCUT2D eigenvalue weighted by Crippen LogP contribution is -2.65. The molecule has 4 saturated carbocycles. The van der Waals surface area contributed by atoms with Crippen molar-refractivity contribution in [3.63, 3.8) is 0 Å². The molecule has 0 bridgehead atoms. The van der Waals surface area contributed by atoms with Gasteiger partial charge in [-0.15, -0.1) is 0 Å². The zero-order chi connectivity index (χ0) is 30.7. The van der Waals surface area contributed by atoms with Gasteiger partial charge in [-0.25, -0.2) is 0 Å². The molecule has 5 aliphatic rings. The van der Waals surface area contributed by atoms with Crippen LogP contribution in [0.3, 0.4) is 0 Å². The molecule has 0 aromatic rings. The Kier molecular flexibility index (Phi) is 7.33. The van der Waals surface area contributed by atoms with Crippen molar-refractivity contribution in [1.29, 1.82) is 0 Å². The number of hydrogen-bond donors (Lipinski definition) is 0. The van der Waals surface area contributed by atoms with E-state index in [0.717, 1.165) is 32.1 Å². The Hall–Kier alpha value is -0.613. The van der Waals surface area contributed by atoms with Crippen LogP contribution in [0.25, 0.3) is 0 Å². The van der Waals surface area contributed by atoms with Crippen LogP contribution in [0, 0.1) is 50.2 Å². The molecule has 234 valence electrons. The van der Waals surface area contributed by atoms with Crippen LogP contribution >= 0.6 is 0 Å². The molecule has 5 rings (SSSR count). The third kappa shape index (κ3) is 4.36. The Labute approximate surface area is 254 Å². The first-order chi connectivity index (χ1) is 18.6. The standard InChI is InChI=1S/C37H64O3Si/c1-31(2,3)41(12,13)40-29-17-18-34(8)27(33(29,6)7)16-19-36(10)28(34)15-14-25-26-24-32(4,5)20-22-37(26,30(38)39-11)23-21-35(25,36)9/h14,26-29H,15-24H2,1-13H3/t26-,27?,28?,29-,34-,35-,36+,37-/m0/s1. The maximum absolute atomic E-state index is 13.5. The minimum atomic E-state index is -1.84. The Morgan fingerprint density at radius 2 is 1.51 bits per heavy atom. The second kappa shape index (κ2) is 9.45. The average Bonchev–Trinajstić information content (AvgIpc) is 2.84. The van der Waals surface area contributed by atoms with Crippen LogP contribution < -0.4 is 0 Å². The summed E-state index contributed by atoms with van der Waals surface area (Å²) in [5.74, 6) is 1.75. The molecule has 4 heteroatoms. The molecule has 4 fully saturated rings. The lowest BCUT2D eigenvalue weighted by Gasteiger charge is -2.71. The Morgan fingerprint density at radius 1 is 0.878 bits per heavy atom. The van der Waals surface area contributed by atoms with E-state index in [1.807, 2.05) is 0 Å². The quantitative estimate of drug-likeness (QED) is 0.188. The van der Waals surface area contributed by atoms with E-state index >= 15 is 0 Å². The Morgan fingerprint density at radius 3 is 2.12 bits per heavy atom. The molecule has 41 heavy (non-hydrogen) atoms. The fourth-order valence-electron chi connectivity index (χ4n) is 11.5. The number of carbonyl (C=O) groups excluding carboxylic acids is 1. The maximum atomic E-state index is 13.5. The highest BCUT2D eigenvalue weighted by Crippen LogP contribution is 2.76. The van der Waals surface area contributed by atoms with Crippen LogP contribution in [0.5, 0.6) is 0 Å². The smallest absolute Gasteiger partial charge is 0.312 e. The third-order valence-electron chi connectivity index (χ3n) is 15.4. The largest absolute Gasteiger partial charge is 0.469 e. The number of hydrogen-bond acceptors (Lipinski definition) is 3. The Balaban J connectivity index is 1.51. The van der Waals surface area contributed by atoms with Crippen molar-refractivity contribution in [3.8, 4) is 0 Å². The normalized spacial score (nSPS) is 45.3. The highest BCUT2D eigenvalue weighted by atomic mass is 28.4. The predicted molar refractivity (Wildman–Crippen MR) is 173 cm³/mol. The fraction of sp³-hybridized carbons (Fsp3) is 0.919. The molecular formula is C37H64O3Si. The monoisotopic (exact) mass is 584 g/mol. The van der Waals surface area contributed by atoms with Crippen molar-refractivity contribution >= 4 is 14.3 Å². The lowest BCUT2D eigenvalue weighted by atomic mass is 9.33. The number of carbonyl (C=O) groups is 1. The van der Waals surface area contributed by atoms with Gasteiger partial charge in [0.05, 0.1) is 18.6 Å². The van der Waals surface area contributed by atoms with Gasteiger partial charge >= 0.3 is 5.97 Å². The van der Waals surface area contributed by atoms with Crippen LogP contribution in [-0.4, -0.2) is 27.5 Å². The third-order valence-corrected chi connectivity index (χ3v) is 19.9. The molecule has 0 aromatic carbocycles. The van der Waals surface area contributed by atoms with Gasteiger partial charge in [0.15, 0.2) is 8.32 Å². The zero-order valence-electron chi connectivity index (χ0n) is 29.2. The van der Waals surface area contributed by atoms with Gasteiger partial charge in [0.1, 0.15) is 0 Å². The number of fused-ring (bicyclic) bond motifs is 7. The molecule has 0 amide bonds. The summed E-state index contributed by atoms with van der Waals surface area (Å²) in [4.78, 5) is 13.5. The van der Waals surface area contributed by atoms with E-state index in [-0.39, 0.29) is 38.1 Å². The lowest BCUT2D eigenvalue weighted by molar-refractivity contribution is -0.204. The molecule has 0 N–H and O–H groups in total. The van der Waals surface area contributed by atoms with Crippen LogP contribution in [0.15, 0.2) is 11.6 Å². The van der Waals surface area contributed by atoms with E-state index in [0.29, 0.717) is 29.3 Å². The molecule has 3 nitrogen and oxygen atoms in total. The van der Waals surface area contributed by atoms with E-state index < -0.39 is 8.32 Å². The summed E-state index contributed by atoms with van der Waals surface area (Å²) < 4.78 is 12.8. The van der Waals surface area contributed by atoms with Crippen molar-refractivity contribution < 1.29 is 14.0 Å². The molecule has 2 unspecified atom stereocenters. The second-order valence-electron chi connectivity index (χ2n) is 19.1. The van der Waals surface area contributed by atoms with Crippen molar-refractivity contribution in [1.82, 2.24) is 0 Å². The second-order valence-corrected chi connectivity index (χ2v) is 23.8. The minimum Gasteiger partial charge on any atom is -0.469 e. The van der Waals surface area contributed by atoms with E-state index in [1.165, 1.54) is 32.1 Å². The first-order valence-corrected chi connectivity index (χ1v) is 20.0. The summed E-state index contributed by atoms with van der Waals surface area (Å²) in [6.07, 6.45) is 14.6. The average molecular weight is 585 g/mol. The van der Waals surface area contributed by atoms with E-state index in [4.69, 9.17) is 9.16 Å². The molecule has 0 aliphatic heterocycles. The molecule has 5 aliphatic carbocycles. The van der Waals surface area contributed by atoms with Crippen LogP contribution in [-0.2, 0) is 14.0 Å². The topological polar surface area (TPSA) is 35.5 Å². The summed E-state index contributed by atoms with van der Waals surface area (Å²) in [5.41, 5.74) is 2.49.